The second kappa shape index (κ2) is 7.83. The largest absolute Gasteiger partial charge is 0.390 e. The molecular weight excluding hydrogens is 426 g/mol. The molecule has 2 aromatic carbocycles. The molecular formula is C26H25N7O. The highest BCUT2D eigenvalue weighted by molar-refractivity contribution is 5.72. The van der Waals surface area contributed by atoms with E-state index >= 15 is 0 Å². The van der Waals surface area contributed by atoms with Gasteiger partial charge in [0.1, 0.15) is 6.33 Å². The predicted octanol–water partition coefficient (Wildman–Crippen LogP) is 2.75. The van der Waals surface area contributed by atoms with Gasteiger partial charge in [0.05, 0.1) is 35.2 Å². The number of benzene rings is 2. The Morgan fingerprint density at radius 1 is 1.06 bits per heavy atom. The maximum absolute atomic E-state index is 10.5. The minimum Gasteiger partial charge on any atom is -0.390 e. The van der Waals surface area contributed by atoms with Gasteiger partial charge in [0.15, 0.2) is 5.82 Å². The van der Waals surface area contributed by atoms with Gasteiger partial charge in [-0.15, -0.1) is 10.2 Å². The lowest BCUT2D eigenvalue weighted by atomic mass is 10.1. The van der Waals surface area contributed by atoms with Crippen LogP contribution < -0.4 is 4.90 Å². The van der Waals surface area contributed by atoms with Crippen LogP contribution in [0.2, 0.25) is 0 Å². The summed E-state index contributed by atoms with van der Waals surface area (Å²) in [6.07, 6.45) is 3.53. The Labute approximate surface area is 197 Å². The van der Waals surface area contributed by atoms with Gasteiger partial charge in [-0.2, -0.15) is 5.26 Å². The highest BCUT2D eigenvalue weighted by Gasteiger charge is 2.33. The van der Waals surface area contributed by atoms with Crippen LogP contribution in [0.3, 0.4) is 0 Å². The summed E-state index contributed by atoms with van der Waals surface area (Å²) >= 11 is 0. The van der Waals surface area contributed by atoms with Crippen LogP contribution in [0.15, 0.2) is 61.1 Å². The molecule has 1 saturated heterocycles. The molecule has 2 aromatic heterocycles. The van der Waals surface area contributed by atoms with Crippen molar-refractivity contribution in [2.45, 2.75) is 18.7 Å². The molecule has 0 bridgehead atoms. The normalized spacial score (nSPS) is 18.9. The molecule has 2 aliphatic heterocycles. The molecule has 8 nitrogen and oxygen atoms in total. The van der Waals surface area contributed by atoms with Gasteiger partial charge in [-0.25, -0.2) is 0 Å². The number of nitrogens with zero attached hydrogens (tertiary/aromatic N) is 7. The first-order valence-corrected chi connectivity index (χ1v) is 11.4. The van der Waals surface area contributed by atoms with Crippen LogP contribution in [0.5, 0.6) is 0 Å². The first-order chi connectivity index (χ1) is 16.5. The minimum absolute atomic E-state index is 0.120. The highest BCUT2D eigenvalue weighted by atomic mass is 16.3. The first kappa shape index (κ1) is 20.7. The van der Waals surface area contributed by atoms with Crippen LogP contribution in [-0.2, 0) is 6.54 Å². The van der Waals surface area contributed by atoms with Crippen molar-refractivity contribution in [2.24, 2.45) is 0 Å². The standard InChI is InChI=1S/C26H25N7O/c1-30(2)24-14-31(15-25(24)34)21-7-8-22-20(9-21)13-32-12-19(18-5-3-17(11-27)4-6-18)10-23(32)26-29-28-16-33(22)26/h3-10,12,16,24-25,34H,13-15H2,1-2H3/t24-,25-/m0/s1. The summed E-state index contributed by atoms with van der Waals surface area (Å²) in [5.41, 5.74) is 7.12. The van der Waals surface area contributed by atoms with E-state index in [1.54, 1.807) is 6.33 Å². The fourth-order valence-corrected chi connectivity index (χ4v) is 5.11. The highest BCUT2D eigenvalue weighted by Crippen LogP contribution is 2.35. The fourth-order valence-electron chi connectivity index (χ4n) is 5.11. The molecule has 4 heterocycles. The van der Waals surface area contributed by atoms with Gasteiger partial charge in [-0.3, -0.25) is 4.57 Å². The summed E-state index contributed by atoms with van der Waals surface area (Å²) < 4.78 is 4.26. The molecule has 1 fully saturated rings. The zero-order valence-electron chi connectivity index (χ0n) is 19.1. The molecule has 170 valence electrons. The van der Waals surface area contributed by atoms with Crippen molar-refractivity contribution < 1.29 is 5.11 Å². The van der Waals surface area contributed by atoms with Crippen molar-refractivity contribution in [3.8, 4) is 34.4 Å². The van der Waals surface area contributed by atoms with Gasteiger partial charge in [-0.05, 0) is 61.6 Å². The molecule has 1 N–H and O–H groups in total. The molecule has 0 amide bonds. The van der Waals surface area contributed by atoms with Crippen molar-refractivity contribution in [1.82, 2.24) is 24.2 Å². The lowest BCUT2D eigenvalue weighted by molar-refractivity contribution is 0.114. The number of aromatic nitrogens is 4. The summed E-state index contributed by atoms with van der Waals surface area (Å²) in [7, 11) is 4.03. The van der Waals surface area contributed by atoms with E-state index in [1.807, 2.05) is 42.9 Å². The molecule has 2 atom stereocenters. The minimum atomic E-state index is -0.371. The number of likely N-dealkylation sites (N-methyl/N-ethyl adjacent to an activating group) is 1. The van der Waals surface area contributed by atoms with Crippen molar-refractivity contribution in [3.05, 3.63) is 72.2 Å². The second-order valence-corrected chi connectivity index (χ2v) is 9.27. The second-order valence-electron chi connectivity index (χ2n) is 9.27. The van der Waals surface area contributed by atoms with Crippen molar-refractivity contribution in [3.63, 3.8) is 0 Å². The Hall–Kier alpha value is -3.93. The third kappa shape index (κ3) is 3.29. The number of nitriles is 1. The number of aliphatic hydroxyl groups excluding tert-OH is 1. The molecule has 0 aliphatic carbocycles. The quantitative estimate of drug-likeness (QED) is 0.454. The molecule has 6 rings (SSSR count). The summed E-state index contributed by atoms with van der Waals surface area (Å²) in [5, 5.41) is 28.3. The van der Waals surface area contributed by atoms with E-state index in [9.17, 15) is 5.11 Å². The zero-order valence-corrected chi connectivity index (χ0v) is 19.1. The van der Waals surface area contributed by atoms with E-state index in [-0.39, 0.29) is 12.1 Å². The Morgan fingerprint density at radius 2 is 1.88 bits per heavy atom. The van der Waals surface area contributed by atoms with Crippen LogP contribution in [0.4, 0.5) is 5.69 Å². The lowest BCUT2D eigenvalue weighted by Gasteiger charge is -2.23. The smallest absolute Gasteiger partial charge is 0.185 e. The Kier molecular flexibility index (Phi) is 4.76. The number of β-amino-alcohol motifs (C(OH)–C–C–N with tert-alkyl or cyclic N) is 1. The lowest BCUT2D eigenvalue weighted by Crippen LogP contribution is -2.38. The number of hydrogen-bond donors (Lipinski definition) is 1. The monoisotopic (exact) mass is 451 g/mol. The topological polar surface area (TPSA) is 86.1 Å². The molecule has 4 aromatic rings. The number of rotatable bonds is 3. The van der Waals surface area contributed by atoms with E-state index in [1.165, 1.54) is 5.56 Å². The maximum atomic E-state index is 10.5. The van der Waals surface area contributed by atoms with Crippen molar-refractivity contribution in [2.75, 3.05) is 32.1 Å². The summed E-state index contributed by atoms with van der Waals surface area (Å²) in [5.74, 6) is 0.802. The van der Waals surface area contributed by atoms with E-state index in [2.05, 4.69) is 61.1 Å². The van der Waals surface area contributed by atoms with E-state index in [0.717, 1.165) is 40.6 Å². The summed E-state index contributed by atoms with van der Waals surface area (Å²) in [4.78, 5) is 4.35. The Balaban J connectivity index is 1.40. The summed E-state index contributed by atoms with van der Waals surface area (Å²) in [6, 6.07) is 18.5. The fraction of sp³-hybridized carbons (Fsp3) is 0.269. The van der Waals surface area contributed by atoms with Gasteiger partial charge < -0.3 is 19.5 Å². The number of hydrogen-bond acceptors (Lipinski definition) is 6. The van der Waals surface area contributed by atoms with Gasteiger partial charge in [-0.1, -0.05) is 12.1 Å². The van der Waals surface area contributed by atoms with Crippen LogP contribution in [-0.4, -0.2) is 68.7 Å². The van der Waals surface area contributed by atoms with Crippen LogP contribution in [0, 0.1) is 11.3 Å². The van der Waals surface area contributed by atoms with Gasteiger partial charge in [0.2, 0.25) is 0 Å². The molecule has 0 spiro atoms. The van der Waals surface area contributed by atoms with E-state index < -0.39 is 0 Å². The third-order valence-electron chi connectivity index (χ3n) is 6.97. The summed E-state index contributed by atoms with van der Waals surface area (Å²) in [6.45, 7) is 2.12. The van der Waals surface area contributed by atoms with Crippen LogP contribution >= 0.6 is 0 Å². The third-order valence-corrected chi connectivity index (χ3v) is 6.97. The van der Waals surface area contributed by atoms with E-state index in [4.69, 9.17) is 5.26 Å². The Bertz CT molecular complexity index is 1410. The van der Waals surface area contributed by atoms with Gasteiger partial charge >= 0.3 is 0 Å². The average molecular weight is 452 g/mol. The average Bonchev–Trinajstić information content (AvgIpc) is 3.56. The van der Waals surface area contributed by atoms with E-state index in [0.29, 0.717) is 18.7 Å². The predicted molar refractivity (Wildman–Crippen MR) is 130 cm³/mol. The molecule has 2 aliphatic rings. The number of fused-ring (bicyclic) bond motifs is 5. The number of aliphatic hydroxyl groups is 1. The van der Waals surface area contributed by atoms with Crippen LogP contribution in [0.25, 0.3) is 28.3 Å². The molecule has 0 saturated carbocycles. The molecule has 8 heteroatoms. The van der Waals surface area contributed by atoms with Crippen molar-refractivity contribution in [1.29, 1.82) is 5.26 Å². The molecule has 0 radical (unpaired) electrons. The van der Waals surface area contributed by atoms with Gasteiger partial charge in [0.25, 0.3) is 0 Å². The van der Waals surface area contributed by atoms with Crippen LogP contribution in [0.1, 0.15) is 11.1 Å². The SMILES string of the molecule is CN(C)[C@H]1CN(c2ccc3c(c2)Cn2cc(-c4ccc(C#N)cc4)cc2-c2nncn2-3)C[C@@H]1O. The van der Waals surface area contributed by atoms with Gasteiger partial charge in [0, 0.05) is 37.1 Å². The zero-order chi connectivity index (χ0) is 23.4. The molecule has 0 unspecified atom stereocenters. The van der Waals surface area contributed by atoms with Crippen molar-refractivity contribution >= 4 is 5.69 Å². The number of anilines is 1. The molecule has 34 heavy (non-hydrogen) atoms. The first-order valence-electron chi connectivity index (χ1n) is 11.4. The maximum Gasteiger partial charge on any atom is 0.185 e. The Morgan fingerprint density at radius 3 is 2.62 bits per heavy atom.